The van der Waals surface area contributed by atoms with Crippen molar-refractivity contribution in [3.8, 4) is 0 Å². The molecule has 0 saturated heterocycles. The molecule has 180 valence electrons. The van der Waals surface area contributed by atoms with Crippen molar-refractivity contribution >= 4 is 42.4 Å². The van der Waals surface area contributed by atoms with Crippen LogP contribution in [0.3, 0.4) is 0 Å². The van der Waals surface area contributed by atoms with E-state index in [4.69, 9.17) is 25.8 Å². The summed E-state index contributed by atoms with van der Waals surface area (Å²) in [6, 6.07) is -3.08. The van der Waals surface area contributed by atoms with Crippen molar-refractivity contribution in [1.29, 1.82) is 0 Å². The Kier molecular flexibility index (Phi) is 14.3. The molecule has 0 radical (unpaired) electrons. The molecule has 0 aromatic heterocycles. The van der Waals surface area contributed by atoms with Gasteiger partial charge >= 0.3 is 24.1 Å². The normalized spacial score (nSPS) is 13.8. The number of amides is 2. The maximum atomic E-state index is 12.1. The van der Waals surface area contributed by atoms with Gasteiger partial charge in [-0.05, 0) is 18.8 Å². The van der Waals surface area contributed by atoms with E-state index < -0.39 is 54.0 Å². The number of hydrogen-bond donors (Lipinski definition) is 7. The first-order chi connectivity index (χ1) is 14.0. The van der Waals surface area contributed by atoms with Crippen molar-refractivity contribution in [2.75, 3.05) is 5.75 Å². The summed E-state index contributed by atoms with van der Waals surface area (Å²) in [6.45, 7) is 3.30. The summed E-state index contributed by atoms with van der Waals surface area (Å²) in [5, 5.41) is 29.6. The first-order valence-electron chi connectivity index (χ1n) is 8.76. The van der Waals surface area contributed by atoms with Crippen LogP contribution in [0.2, 0.25) is 0 Å². The molecular weight excluding hydrogens is 451 g/mol. The van der Waals surface area contributed by atoms with Crippen LogP contribution in [-0.4, -0.2) is 75.1 Å². The van der Waals surface area contributed by atoms with E-state index in [1.165, 1.54) is 0 Å². The Morgan fingerprint density at radius 1 is 1.00 bits per heavy atom. The summed E-state index contributed by atoms with van der Waals surface area (Å²) in [6.07, 6.45) is -4.69. The predicted molar refractivity (Wildman–Crippen MR) is 103 cm³/mol. The molecule has 0 heterocycles. The van der Waals surface area contributed by atoms with Gasteiger partial charge in [-0.3, -0.25) is 14.4 Å². The summed E-state index contributed by atoms with van der Waals surface area (Å²) in [5.74, 6) is -6.48. The minimum Gasteiger partial charge on any atom is -0.480 e. The summed E-state index contributed by atoms with van der Waals surface area (Å²) < 4.78 is 31.7. The zero-order valence-corrected chi connectivity index (χ0v) is 17.6. The van der Waals surface area contributed by atoms with E-state index >= 15 is 0 Å². The third kappa shape index (κ3) is 14.1. The molecule has 0 aliphatic heterocycles. The summed E-state index contributed by atoms with van der Waals surface area (Å²) >= 11 is 3.99. The minimum absolute atomic E-state index is 0.00333. The van der Waals surface area contributed by atoms with Crippen molar-refractivity contribution < 1.29 is 52.5 Å². The number of hydrogen-bond acceptors (Lipinski definition) is 7. The molecule has 7 N–H and O–H groups in total. The SMILES string of the molecule is CC(C)[C@@H](NC(=O)[C@H](CS)NC(=O)CCC[C@H](N)C(=O)O)C(=O)O.O=C(O)C(F)(F)F. The lowest BCUT2D eigenvalue weighted by Crippen LogP contribution is -2.53. The zero-order chi connectivity index (χ0) is 24.9. The third-order valence-corrected chi connectivity index (χ3v) is 3.91. The van der Waals surface area contributed by atoms with E-state index in [0.29, 0.717) is 0 Å². The van der Waals surface area contributed by atoms with Crippen molar-refractivity contribution in [1.82, 2.24) is 10.6 Å². The molecule has 0 unspecified atom stereocenters. The van der Waals surface area contributed by atoms with E-state index in [1.807, 2.05) is 0 Å². The van der Waals surface area contributed by atoms with Gasteiger partial charge in [0.15, 0.2) is 0 Å². The highest BCUT2D eigenvalue weighted by Gasteiger charge is 2.38. The van der Waals surface area contributed by atoms with Crippen molar-refractivity contribution in [2.24, 2.45) is 11.7 Å². The maximum Gasteiger partial charge on any atom is 0.490 e. The fraction of sp³-hybridized carbons (Fsp3) is 0.688. The molecule has 0 spiro atoms. The molecule has 0 rings (SSSR count). The predicted octanol–water partition coefficient (Wildman–Crippen LogP) is -0.158. The van der Waals surface area contributed by atoms with Crippen molar-refractivity contribution in [3.05, 3.63) is 0 Å². The van der Waals surface area contributed by atoms with Gasteiger partial charge in [-0.2, -0.15) is 25.8 Å². The molecule has 0 aliphatic carbocycles. The first-order valence-corrected chi connectivity index (χ1v) is 9.39. The molecule has 0 aromatic carbocycles. The number of alkyl halides is 3. The van der Waals surface area contributed by atoms with Crippen molar-refractivity contribution in [2.45, 2.75) is 57.4 Å². The largest absolute Gasteiger partial charge is 0.490 e. The lowest BCUT2D eigenvalue weighted by Gasteiger charge is -2.22. The molecule has 0 bridgehead atoms. The number of carboxylic acid groups (broad SMARTS) is 3. The Balaban J connectivity index is 0. The van der Waals surface area contributed by atoms with Gasteiger partial charge in [-0.25, -0.2) is 9.59 Å². The number of nitrogens with two attached hydrogens (primary N) is 1. The molecule has 11 nitrogen and oxygen atoms in total. The van der Waals surface area contributed by atoms with Crippen molar-refractivity contribution in [3.63, 3.8) is 0 Å². The van der Waals surface area contributed by atoms with Gasteiger partial charge in [-0.1, -0.05) is 13.8 Å². The third-order valence-electron chi connectivity index (χ3n) is 3.54. The van der Waals surface area contributed by atoms with Crippen LogP contribution in [0.15, 0.2) is 0 Å². The number of rotatable bonds is 11. The van der Waals surface area contributed by atoms with Gasteiger partial charge in [-0.15, -0.1) is 0 Å². The van der Waals surface area contributed by atoms with Crippen LogP contribution in [0.5, 0.6) is 0 Å². The Morgan fingerprint density at radius 2 is 1.48 bits per heavy atom. The van der Waals surface area contributed by atoms with Gasteiger partial charge in [0, 0.05) is 12.2 Å². The molecular formula is C16H26F3N3O8S. The van der Waals surface area contributed by atoms with Gasteiger partial charge < -0.3 is 31.7 Å². The Labute approximate surface area is 181 Å². The smallest absolute Gasteiger partial charge is 0.480 e. The Hall–Kier alpha value is -2.55. The number of halogens is 3. The molecule has 2 amide bonds. The number of thiol groups is 1. The highest BCUT2D eigenvalue weighted by Crippen LogP contribution is 2.13. The zero-order valence-electron chi connectivity index (χ0n) is 16.7. The molecule has 0 saturated carbocycles. The lowest BCUT2D eigenvalue weighted by molar-refractivity contribution is -0.192. The second-order valence-electron chi connectivity index (χ2n) is 6.51. The standard InChI is InChI=1S/C14H25N3O6S.C2HF3O2/c1-7(2)11(14(22)23)17-12(19)9(6-24)16-10(18)5-3-4-8(15)13(20)21;3-2(4,5)1(6)7/h7-9,11,24H,3-6,15H2,1-2H3,(H,16,18)(H,17,19)(H,20,21)(H,22,23);(H,6,7)/t8-,9-,11+;/m0./s1. The number of carbonyl (C=O) groups is 5. The van der Waals surface area contributed by atoms with Gasteiger partial charge in [0.25, 0.3) is 0 Å². The number of aliphatic carboxylic acids is 3. The second kappa shape index (κ2) is 14.5. The second-order valence-corrected chi connectivity index (χ2v) is 6.88. The topological polar surface area (TPSA) is 196 Å². The van der Waals surface area contributed by atoms with E-state index in [9.17, 15) is 32.3 Å². The quantitative estimate of drug-likeness (QED) is 0.198. The lowest BCUT2D eigenvalue weighted by atomic mass is 10.0. The Morgan fingerprint density at radius 3 is 1.81 bits per heavy atom. The first kappa shape index (κ1) is 30.6. The fourth-order valence-electron chi connectivity index (χ4n) is 1.83. The van der Waals surface area contributed by atoms with Crippen LogP contribution >= 0.6 is 12.6 Å². The summed E-state index contributed by atoms with van der Waals surface area (Å²) in [5.41, 5.74) is 5.33. The summed E-state index contributed by atoms with van der Waals surface area (Å²) in [4.78, 5) is 54.4. The van der Waals surface area contributed by atoms with Crippen LogP contribution < -0.4 is 16.4 Å². The van der Waals surface area contributed by atoms with E-state index in [0.717, 1.165) is 0 Å². The van der Waals surface area contributed by atoms with E-state index in [1.54, 1.807) is 13.8 Å². The number of carbonyl (C=O) groups excluding carboxylic acids is 2. The van der Waals surface area contributed by atoms with E-state index in [2.05, 4.69) is 23.3 Å². The molecule has 0 aromatic rings. The highest BCUT2D eigenvalue weighted by atomic mass is 32.1. The van der Waals surface area contributed by atoms with Gasteiger partial charge in [0.2, 0.25) is 11.8 Å². The van der Waals surface area contributed by atoms with Crippen LogP contribution in [0, 0.1) is 5.92 Å². The van der Waals surface area contributed by atoms with Crippen LogP contribution in [0.25, 0.3) is 0 Å². The molecule has 31 heavy (non-hydrogen) atoms. The van der Waals surface area contributed by atoms with Gasteiger partial charge in [0.1, 0.15) is 18.1 Å². The number of carboxylic acids is 3. The minimum atomic E-state index is -5.08. The average Bonchev–Trinajstić information content (AvgIpc) is 2.62. The van der Waals surface area contributed by atoms with Gasteiger partial charge in [0.05, 0.1) is 0 Å². The molecule has 15 heteroatoms. The fourth-order valence-corrected chi connectivity index (χ4v) is 2.09. The molecule has 3 atom stereocenters. The number of nitrogens with one attached hydrogen (secondary N) is 2. The van der Waals surface area contributed by atoms with Crippen LogP contribution in [0.4, 0.5) is 13.2 Å². The average molecular weight is 477 g/mol. The highest BCUT2D eigenvalue weighted by molar-refractivity contribution is 7.80. The maximum absolute atomic E-state index is 12.1. The van der Waals surface area contributed by atoms with E-state index in [-0.39, 0.29) is 30.9 Å². The monoisotopic (exact) mass is 477 g/mol. The molecule has 0 aliphatic rings. The molecule has 0 fully saturated rings. The Bertz CT molecular complexity index is 646. The summed E-state index contributed by atoms with van der Waals surface area (Å²) in [7, 11) is 0. The van der Waals surface area contributed by atoms with Crippen LogP contribution in [-0.2, 0) is 24.0 Å². The van der Waals surface area contributed by atoms with Crippen LogP contribution in [0.1, 0.15) is 33.1 Å².